The normalized spacial score (nSPS) is 11.5. The second-order valence-corrected chi connectivity index (χ2v) is 4.16. The lowest BCUT2D eigenvalue weighted by Gasteiger charge is -2.08. The second kappa shape index (κ2) is 5.52. The summed E-state index contributed by atoms with van der Waals surface area (Å²) < 4.78 is 0. The van der Waals surface area contributed by atoms with Crippen LogP contribution in [0.4, 0.5) is 5.69 Å². The minimum absolute atomic E-state index is 0.0674. The van der Waals surface area contributed by atoms with Gasteiger partial charge in [-0.05, 0) is 30.7 Å². The molecule has 0 fully saturated rings. The molecule has 1 aromatic rings. The molecular formula is C11H11BrN2O. The Hall–Kier alpha value is -1.34. The molecular weight excluding hydrogens is 256 g/mol. The van der Waals surface area contributed by atoms with Crippen molar-refractivity contribution in [1.82, 2.24) is 0 Å². The van der Waals surface area contributed by atoms with E-state index < -0.39 is 0 Å². The molecule has 1 atom stereocenters. The van der Waals surface area contributed by atoms with Crippen molar-refractivity contribution in [2.45, 2.75) is 18.2 Å². The van der Waals surface area contributed by atoms with Crippen LogP contribution in [0, 0.1) is 11.3 Å². The van der Waals surface area contributed by atoms with Gasteiger partial charge in [-0.2, -0.15) is 5.26 Å². The Morgan fingerprint density at radius 3 is 2.60 bits per heavy atom. The van der Waals surface area contributed by atoms with Gasteiger partial charge in [0.15, 0.2) is 0 Å². The minimum atomic E-state index is -0.173. The molecule has 0 saturated heterocycles. The average Bonchev–Trinajstić information content (AvgIpc) is 2.29. The molecule has 0 heterocycles. The highest BCUT2D eigenvalue weighted by molar-refractivity contribution is 9.10. The molecule has 0 aromatic heterocycles. The summed E-state index contributed by atoms with van der Waals surface area (Å²) in [6.45, 7) is 1.93. The van der Waals surface area contributed by atoms with Gasteiger partial charge < -0.3 is 5.32 Å². The summed E-state index contributed by atoms with van der Waals surface area (Å²) in [7, 11) is 0. The summed E-state index contributed by atoms with van der Waals surface area (Å²) in [4.78, 5) is 11.3. The number of nitrogens with one attached hydrogen (secondary N) is 1. The summed E-state index contributed by atoms with van der Waals surface area (Å²) in [6, 6.07) is 8.79. The van der Waals surface area contributed by atoms with E-state index in [0.29, 0.717) is 11.3 Å². The maximum absolute atomic E-state index is 11.5. The molecule has 0 saturated carbocycles. The molecule has 15 heavy (non-hydrogen) atoms. The third kappa shape index (κ3) is 3.37. The van der Waals surface area contributed by atoms with Gasteiger partial charge in [0.05, 0.1) is 16.5 Å². The maximum atomic E-state index is 11.5. The van der Waals surface area contributed by atoms with Crippen molar-refractivity contribution < 1.29 is 4.79 Å². The van der Waals surface area contributed by atoms with Gasteiger partial charge in [-0.25, -0.2) is 0 Å². The predicted octanol–water partition coefficient (Wildman–Crippen LogP) is 2.67. The number of halogens is 1. The minimum Gasteiger partial charge on any atom is -0.325 e. The summed E-state index contributed by atoms with van der Waals surface area (Å²) in [5, 5.41) is 11.3. The Morgan fingerprint density at radius 2 is 2.13 bits per heavy atom. The Labute approximate surface area is 97.2 Å². The van der Waals surface area contributed by atoms with Crippen LogP contribution in [-0.4, -0.2) is 10.7 Å². The fourth-order valence-corrected chi connectivity index (χ4v) is 1.15. The number of carbonyl (C=O) groups is 1. The average molecular weight is 267 g/mol. The highest BCUT2D eigenvalue weighted by Crippen LogP contribution is 2.12. The van der Waals surface area contributed by atoms with Crippen LogP contribution >= 0.6 is 15.9 Å². The molecule has 1 rings (SSSR count). The van der Waals surface area contributed by atoms with Gasteiger partial charge >= 0.3 is 0 Å². The van der Waals surface area contributed by atoms with Crippen molar-refractivity contribution in [2.75, 3.05) is 5.32 Å². The largest absolute Gasteiger partial charge is 0.325 e. The lowest BCUT2D eigenvalue weighted by molar-refractivity contribution is -0.115. The van der Waals surface area contributed by atoms with Crippen molar-refractivity contribution in [3.8, 4) is 6.07 Å². The van der Waals surface area contributed by atoms with Gasteiger partial charge in [-0.15, -0.1) is 0 Å². The quantitative estimate of drug-likeness (QED) is 0.856. The molecule has 1 aromatic carbocycles. The Kier molecular flexibility index (Phi) is 4.32. The lowest BCUT2D eigenvalue weighted by atomic mass is 10.2. The SMILES string of the molecule is CCC(Br)C(=O)Nc1ccc(C#N)cc1. The van der Waals surface area contributed by atoms with Crippen LogP contribution in [0.5, 0.6) is 0 Å². The first kappa shape index (κ1) is 11.7. The number of benzene rings is 1. The van der Waals surface area contributed by atoms with Gasteiger partial charge in [0.2, 0.25) is 5.91 Å². The van der Waals surface area contributed by atoms with E-state index in [0.717, 1.165) is 6.42 Å². The number of alkyl halides is 1. The van der Waals surface area contributed by atoms with E-state index >= 15 is 0 Å². The first-order valence-corrected chi connectivity index (χ1v) is 5.54. The predicted molar refractivity (Wildman–Crippen MR) is 62.8 cm³/mol. The molecule has 3 nitrogen and oxygen atoms in total. The molecule has 0 spiro atoms. The Bertz CT molecular complexity index is 381. The molecule has 0 bridgehead atoms. The molecule has 78 valence electrons. The van der Waals surface area contributed by atoms with Gasteiger partial charge in [0.1, 0.15) is 0 Å². The fourth-order valence-electron chi connectivity index (χ4n) is 1.03. The van der Waals surface area contributed by atoms with E-state index in [2.05, 4.69) is 21.2 Å². The first-order chi connectivity index (χ1) is 7.17. The highest BCUT2D eigenvalue weighted by Gasteiger charge is 2.11. The zero-order valence-corrected chi connectivity index (χ0v) is 9.91. The van der Waals surface area contributed by atoms with Gasteiger partial charge in [0.25, 0.3) is 0 Å². The monoisotopic (exact) mass is 266 g/mol. The fraction of sp³-hybridized carbons (Fsp3) is 0.273. The number of anilines is 1. The highest BCUT2D eigenvalue weighted by atomic mass is 79.9. The molecule has 1 amide bonds. The summed E-state index contributed by atoms with van der Waals surface area (Å²) in [5.74, 6) is -0.0674. The maximum Gasteiger partial charge on any atom is 0.238 e. The van der Waals surface area contributed by atoms with Crippen LogP contribution in [0.2, 0.25) is 0 Å². The van der Waals surface area contributed by atoms with Crippen LogP contribution < -0.4 is 5.32 Å². The summed E-state index contributed by atoms with van der Waals surface area (Å²) >= 11 is 3.26. The zero-order valence-electron chi connectivity index (χ0n) is 8.33. The molecule has 0 aliphatic heterocycles. The van der Waals surface area contributed by atoms with Crippen LogP contribution in [0.3, 0.4) is 0 Å². The third-order valence-corrected chi connectivity index (χ3v) is 2.99. The van der Waals surface area contributed by atoms with Crippen molar-refractivity contribution in [2.24, 2.45) is 0 Å². The van der Waals surface area contributed by atoms with Crippen molar-refractivity contribution in [3.05, 3.63) is 29.8 Å². The van der Waals surface area contributed by atoms with Gasteiger partial charge in [-0.1, -0.05) is 22.9 Å². The van der Waals surface area contributed by atoms with E-state index in [9.17, 15) is 4.79 Å². The van der Waals surface area contributed by atoms with Crippen molar-refractivity contribution >= 4 is 27.5 Å². The van der Waals surface area contributed by atoms with E-state index in [4.69, 9.17) is 5.26 Å². The smallest absolute Gasteiger partial charge is 0.238 e. The lowest BCUT2D eigenvalue weighted by Crippen LogP contribution is -2.21. The Balaban J connectivity index is 2.66. The number of hydrogen-bond acceptors (Lipinski definition) is 2. The molecule has 4 heteroatoms. The first-order valence-electron chi connectivity index (χ1n) is 4.62. The zero-order chi connectivity index (χ0) is 11.3. The molecule has 0 aliphatic carbocycles. The molecule has 0 aliphatic rings. The number of nitriles is 1. The van der Waals surface area contributed by atoms with Crippen LogP contribution in [0.15, 0.2) is 24.3 Å². The van der Waals surface area contributed by atoms with Crippen molar-refractivity contribution in [1.29, 1.82) is 5.26 Å². The standard InChI is InChI=1S/C11H11BrN2O/c1-2-10(12)11(15)14-9-5-3-8(7-13)4-6-9/h3-6,10H,2H2,1H3,(H,14,15). The number of nitrogens with zero attached hydrogens (tertiary/aromatic N) is 1. The Morgan fingerprint density at radius 1 is 1.53 bits per heavy atom. The van der Waals surface area contributed by atoms with Crippen LogP contribution in [-0.2, 0) is 4.79 Å². The summed E-state index contributed by atoms with van der Waals surface area (Å²) in [5.41, 5.74) is 1.29. The van der Waals surface area contributed by atoms with E-state index in [-0.39, 0.29) is 10.7 Å². The number of hydrogen-bond donors (Lipinski definition) is 1. The number of carbonyl (C=O) groups excluding carboxylic acids is 1. The van der Waals surface area contributed by atoms with E-state index in [1.165, 1.54) is 0 Å². The van der Waals surface area contributed by atoms with Gasteiger partial charge in [0, 0.05) is 5.69 Å². The second-order valence-electron chi connectivity index (χ2n) is 3.05. The van der Waals surface area contributed by atoms with Crippen LogP contribution in [0.1, 0.15) is 18.9 Å². The molecule has 1 N–H and O–H groups in total. The third-order valence-electron chi connectivity index (χ3n) is 1.92. The topological polar surface area (TPSA) is 52.9 Å². The van der Waals surface area contributed by atoms with Crippen molar-refractivity contribution in [3.63, 3.8) is 0 Å². The van der Waals surface area contributed by atoms with E-state index in [1.807, 2.05) is 13.0 Å². The number of amides is 1. The molecule has 0 radical (unpaired) electrons. The summed E-state index contributed by atoms with van der Waals surface area (Å²) in [6.07, 6.45) is 0.738. The van der Waals surface area contributed by atoms with Crippen LogP contribution in [0.25, 0.3) is 0 Å². The van der Waals surface area contributed by atoms with Gasteiger partial charge in [-0.3, -0.25) is 4.79 Å². The van der Waals surface area contributed by atoms with E-state index in [1.54, 1.807) is 24.3 Å². The number of rotatable bonds is 3. The molecule has 1 unspecified atom stereocenters.